The molecule has 5 nitrogen and oxygen atoms in total. The zero-order chi connectivity index (χ0) is 18.8. The molecule has 0 aliphatic heterocycles. The Morgan fingerprint density at radius 1 is 1.11 bits per heavy atom. The highest BCUT2D eigenvalue weighted by atomic mass is 19.1. The highest BCUT2D eigenvalue weighted by molar-refractivity contribution is 5.98. The van der Waals surface area contributed by atoms with E-state index in [1.165, 1.54) is 12.3 Å². The van der Waals surface area contributed by atoms with Crippen molar-refractivity contribution in [1.82, 2.24) is 14.8 Å². The van der Waals surface area contributed by atoms with Crippen molar-refractivity contribution in [1.29, 1.82) is 0 Å². The number of ether oxygens (including phenoxy) is 1. The van der Waals surface area contributed by atoms with Crippen LogP contribution in [0.25, 0.3) is 28.0 Å². The molecule has 0 aliphatic rings. The van der Waals surface area contributed by atoms with E-state index in [9.17, 15) is 9.18 Å². The fourth-order valence-corrected chi connectivity index (χ4v) is 2.93. The summed E-state index contributed by atoms with van der Waals surface area (Å²) in [6.07, 6.45) is 1.45. The molecule has 0 bridgehead atoms. The Labute approximate surface area is 155 Å². The van der Waals surface area contributed by atoms with Crippen LogP contribution in [0.15, 0.2) is 66.9 Å². The molecule has 0 unspecified atom stereocenters. The smallest absolute Gasteiger partial charge is 0.339 e. The van der Waals surface area contributed by atoms with Crippen LogP contribution < -0.4 is 0 Å². The van der Waals surface area contributed by atoms with E-state index in [1.54, 1.807) is 35.9 Å². The van der Waals surface area contributed by atoms with Crippen molar-refractivity contribution in [3.8, 4) is 16.9 Å². The maximum absolute atomic E-state index is 14.4. The second-order valence-electron chi connectivity index (χ2n) is 5.89. The second-order valence-corrected chi connectivity index (χ2v) is 5.89. The summed E-state index contributed by atoms with van der Waals surface area (Å²) in [6, 6.07) is 17.5. The molecule has 4 rings (SSSR count). The minimum atomic E-state index is -0.473. The summed E-state index contributed by atoms with van der Waals surface area (Å²) in [4.78, 5) is 16.5. The number of carbonyl (C=O) groups is 1. The van der Waals surface area contributed by atoms with Gasteiger partial charge in [0.1, 0.15) is 11.5 Å². The topological polar surface area (TPSA) is 57.0 Å². The Kier molecular flexibility index (Phi) is 4.38. The van der Waals surface area contributed by atoms with Crippen LogP contribution in [0.2, 0.25) is 0 Å². The van der Waals surface area contributed by atoms with E-state index in [1.807, 2.05) is 30.3 Å². The van der Waals surface area contributed by atoms with Gasteiger partial charge in [0.15, 0.2) is 5.65 Å². The lowest BCUT2D eigenvalue weighted by atomic mass is 10.1. The lowest BCUT2D eigenvalue weighted by Gasteiger charge is -2.03. The van der Waals surface area contributed by atoms with Crippen molar-refractivity contribution in [2.24, 2.45) is 0 Å². The van der Waals surface area contributed by atoms with Crippen molar-refractivity contribution in [2.75, 3.05) is 6.61 Å². The molecule has 0 amide bonds. The Balaban J connectivity index is 1.99. The van der Waals surface area contributed by atoms with E-state index in [2.05, 4.69) is 10.1 Å². The molecular weight excluding hydrogens is 345 g/mol. The molecule has 0 N–H and O–H groups in total. The van der Waals surface area contributed by atoms with Crippen LogP contribution in [-0.2, 0) is 4.74 Å². The van der Waals surface area contributed by atoms with Crippen LogP contribution in [0.5, 0.6) is 0 Å². The SMILES string of the molecule is CCOC(=O)c1cnc2c(c1)c(-c1ccccc1F)nn2-c1ccccc1. The summed E-state index contributed by atoms with van der Waals surface area (Å²) in [5.41, 5.74) is 2.40. The van der Waals surface area contributed by atoms with Gasteiger partial charge in [-0.3, -0.25) is 0 Å². The number of rotatable bonds is 4. The van der Waals surface area contributed by atoms with Gasteiger partial charge in [-0.2, -0.15) is 5.10 Å². The lowest BCUT2D eigenvalue weighted by molar-refractivity contribution is 0.0526. The summed E-state index contributed by atoms with van der Waals surface area (Å²) in [5, 5.41) is 5.18. The number of pyridine rings is 1. The first-order chi connectivity index (χ1) is 13.2. The largest absolute Gasteiger partial charge is 0.462 e. The van der Waals surface area contributed by atoms with Gasteiger partial charge in [0.05, 0.1) is 17.9 Å². The Bertz CT molecular complexity index is 1120. The number of hydrogen-bond acceptors (Lipinski definition) is 4. The maximum Gasteiger partial charge on any atom is 0.339 e. The molecule has 0 saturated heterocycles. The number of esters is 1. The maximum atomic E-state index is 14.4. The van der Waals surface area contributed by atoms with Gasteiger partial charge < -0.3 is 4.74 Å². The summed E-state index contributed by atoms with van der Waals surface area (Å²) in [7, 11) is 0. The fourth-order valence-electron chi connectivity index (χ4n) is 2.93. The lowest BCUT2D eigenvalue weighted by Crippen LogP contribution is -2.05. The molecule has 0 saturated carbocycles. The van der Waals surface area contributed by atoms with E-state index >= 15 is 0 Å². The third kappa shape index (κ3) is 3.06. The molecule has 27 heavy (non-hydrogen) atoms. The van der Waals surface area contributed by atoms with Crippen LogP contribution >= 0.6 is 0 Å². The van der Waals surface area contributed by atoms with Gasteiger partial charge in [0, 0.05) is 17.1 Å². The normalized spacial score (nSPS) is 10.9. The molecule has 134 valence electrons. The number of halogens is 1. The number of fused-ring (bicyclic) bond motifs is 1. The standard InChI is InChI=1S/C21H16FN3O2/c1-2-27-21(26)14-12-17-19(16-10-6-7-11-18(16)22)24-25(20(17)23-13-14)15-8-4-3-5-9-15/h3-13H,2H2,1H3. The van der Waals surface area contributed by atoms with E-state index < -0.39 is 11.8 Å². The van der Waals surface area contributed by atoms with Gasteiger partial charge >= 0.3 is 5.97 Å². The zero-order valence-electron chi connectivity index (χ0n) is 14.6. The molecule has 0 fully saturated rings. The average molecular weight is 361 g/mol. The molecule has 0 aliphatic carbocycles. The van der Waals surface area contributed by atoms with Gasteiger partial charge in [-0.25, -0.2) is 18.9 Å². The monoisotopic (exact) mass is 361 g/mol. The van der Waals surface area contributed by atoms with Crippen LogP contribution in [0.1, 0.15) is 17.3 Å². The minimum absolute atomic E-state index is 0.264. The minimum Gasteiger partial charge on any atom is -0.462 e. The molecule has 2 aromatic heterocycles. The highest BCUT2D eigenvalue weighted by Crippen LogP contribution is 2.31. The molecule has 0 spiro atoms. The summed E-state index contributed by atoms with van der Waals surface area (Å²) in [6.45, 7) is 2.00. The number of aromatic nitrogens is 3. The number of para-hydroxylation sites is 1. The van der Waals surface area contributed by atoms with Crippen LogP contribution in [0.4, 0.5) is 4.39 Å². The predicted molar refractivity (Wildman–Crippen MR) is 100 cm³/mol. The molecule has 0 radical (unpaired) electrons. The van der Waals surface area contributed by atoms with Gasteiger partial charge in [-0.15, -0.1) is 0 Å². The second kappa shape index (κ2) is 6.99. The molecule has 0 atom stereocenters. The van der Waals surface area contributed by atoms with Gasteiger partial charge in [-0.05, 0) is 37.3 Å². The van der Waals surface area contributed by atoms with Crippen LogP contribution in [0.3, 0.4) is 0 Å². The number of carbonyl (C=O) groups excluding carboxylic acids is 1. The third-order valence-corrected chi connectivity index (χ3v) is 4.16. The van der Waals surface area contributed by atoms with Gasteiger partial charge in [0.2, 0.25) is 0 Å². The van der Waals surface area contributed by atoms with Crippen molar-refractivity contribution in [3.05, 3.63) is 78.2 Å². The fraction of sp³-hybridized carbons (Fsp3) is 0.0952. The number of hydrogen-bond donors (Lipinski definition) is 0. The molecule has 2 aromatic carbocycles. The van der Waals surface area contributed by atoms with Crippen molar-refractivity contribution in [2.45, 2.75) is 6.92 Å². The van der Waals surface area contributed by atoms with E-state index in [-0.39, 0.29) is 6.61 Å². The summed E-state index contributed by atoms with van der Waals surface area (Å²) < 4.78 is 21.1. The van der Waals surface area contributed by atoms with Crippen LogP contribution in [0, 0.1) is 5.82 Å². The predicted octanol–water partition coefficient (Wildman–Crippen LogP) is 4.40. The van der Waals surface area contributed by atoms with E-state index in [0.29, 0.717) is 27.9 Å². The molecule has 6 heteroatoms. The first kappa shape index (κ1) is 16.9. The highest BCUT2D eigenvalue weighted by Gasteiger charge is 2.19. The van der Waals surface area contributed by atoms with Crippen molar-refractivity contribution < 1.29 is 13.9 Å². The first-order valence-electron chi connectivity index (χ1n) is 8.55. The average Bonchev–Trinajstić information content (AvgIpc) is 3.08. The first-order valence-corrected chi connectivity index (χ1v) is 8.55. The number of benzene rings is 2. The number of nitrogens with zero attached hydrogens (tertiary/aromatic N) is 3. The Morgan fingerprint density at radius 2 is 1.85 bits per heavy atom. The van der Waals surface area contributed by atoms with Crippen LogP contribution in [-0.4, -0.2) is 27.3 Å². The van der Waals surface area contributed by atoms with Gasteiger partial charge in [-0.1, -0.05) is 30.3 Å². The van der Waals surface area contributed by atoms with Crippen molar-refractivity contribution in [3.63, 3.8) is 0 Å². The molecule has 4 aromatic rings. The van der Waals surface area contributed by atoms with Gasteiger partial charge in [0.25, 0.3) is 0 Å². The zero-order valence-corrected chi connectivity index (χ0v) is 14.6. The van der Waals surface area contributed by atoms with E-state index in [0.717, 1.165) is 5.69 Å². The summed E-state index contributed by atoms with van der Waals surface area (Å²) >= 11 is 0. The molecule has 2 heterocycles. The summed E-state index contributed by atoms with van der Waals surface area (Å²) in [5.74, 6) is -0.863. The Hall–Kier alpha value is -3.54. The molecular formula is C21H16FN3O2. The third-order valence-electron chi connectivity index (χ3n) is 4.16. The van der Waals surface area contributed by atoms with Crippen molar-refractivity contribution >= 4 is 17.0 Å². The van der Waals surface area contributed by atoms with E-state index in [4.69, 9.17) is 4.74 Å². The Morgan fingerprint density at radius 3 is 2.59 bits per heavy atom. The quantitative estimate of drug-likeness (QED) is 0.506.